The largest absolute Gasteiger partial charge is 3.00 e. The van der Waals surface area contributed by atoms with Crippen LogP contribution in [0.1, 0.15) is 0 Å². The van der Waals surface area contributed by atoms with Gasteiger partial charge in [0.25, 0.3) is 0 Å². The normalized spacial score (nSPS) is 11.8. The Bertz CT molecular complexity index is 1720. The Kier molecular flexibility index (Phi) is 12.3. The molecule has 0 aliphatic carbocycles. The third-order valence-corrected chi connectivity index (χ3v) is 5.60. The van der Waals surface area contributed by atoms with Gasteiger partial charge in [0.05, 0.1) is 11.0 Å². The molecule has 0 spiro atoms. The number of imidazole rings is 1. The van der Waals surface area contributed by atoms with Gasteiger partial charge in [-0.3, -0.25) is 4.98 Å². The maximum atomic E-state index is 9.87. The van der Waals surface area contributed by atoms with Gasteiger partial charge in [-0.15, -0.1) is 71.8 Å². The first-order valence-electron chi connectivity index (χ1n) is 13.5. The topological polar surface area (TPSA) is 67.3 Å². The third kappa shape index (κ3) is 14.5. The summed E-state index contributed by atoms with van der Waals surface area (Å²) in [5, 5.41) is 0. The number of benzene rings is 3. The zero-order chi connectivity index (χ0) is 32.9. The molecule has 0 aliphatic rings. The summed E-state index contributed by atoms with van der Waals surface area (Å²) in [6.07, 6.45) is 5.34. The number of nitrogens with one attached hydrogen (secondary N) is 1. The first kappa shape index (κ1) is 36.7. The quantitative estimate of drug-likeness (QED) is 0.109. The summed E-state index contributed by atoms with van der Waals surface area (Å²) >= 11 is 0. The zero-order valence-electron chi connectivity index (χ0n) is 24.2. The summed E-state index contributed by atoms with van der Waals surface area (Å²) in [6.45, 7) is 0. The van der Waals surface area contributed by atoms with Crippen molar-refractivity contribution >= 4 is 18.8 Å². The molecule has 0 unspecified atom stereocenters. The van der Waals surface area contributed by atoms with Crippen LogP contribution >= 0.6 is 7.81 Å². The van der Waals surface area contributed by atoms with Gasteiger partial charge in [0, 0.05) is 18.6 Å². The Morgan fingerprint density at radius 1 is 0.489 bits per heavy atom. The summed E-state index contributed by atoms with van der Waals surface area (Å²) < 4.78 is 59.2. The van der Waals surface area contributed by atoms with Crippen LogP contribution in [0.4, 0.5) is 25.2 Å². The number of nitrogens with zero attached hydrogens (tertiary/aromatic N) is 4. The van der Waals surface area contributed by atoms with Crippen molar-refractivity contribution in [1.82, 2.24) is 24.9 Å². The second kappa shape index (κ2) is 15.7. The molecule has 0 radical (unpaired) electrons. The number of hydrogen-bond donors (Lipinski definition) is 1. The van der Waals surface area contributed by atoms with E-state index < -0.39 is 7.81 Å². The van der Waals surface area contributed by atoms with E-state index in [-0.39, 0.29) is 20.1 Å². The molecule has 5 nitrogen and oxygen atoms in total. The molecule has 0 aliphatic heterocycles. The fourth-order valence-corrected chi connectivity index (χ4v) is 3.73. The molecule has 4 aromatic heterocycles. The van der Waals surface area contributed by atoms with E-state index in [1.165, 1.54) is 0 Å². The van der Waals surface area contributed by atoms with Crippen molar-refractivity contribution in [2.45, 2.75) is 0 Å². The van der Waals surface area contributed by atoms with Crippen LogP contribution in [0.2, 0.25) is 0 Å². The monoisotopic (exact) mass is 841 g/mol. The van der Waals surface area contributed by atoms with E-state index in [2.05, 4.69) is 37.1 Å². The Morgan fingerprint density at radius 3 is 1.28 bits per heavy atom. The summed E-state index contributed by atoms with van der Waals surface area (Å²) in [6, 6.07) is 47.4. The molecule has 4 heterocycles. The van der Waals surface area contributed by atoms with Crippen molar-refractivity contribution in [3.63, 3.8) is 0 Å². The van der Waals surface area contributed by atoms with Gasteiger partial charge in [-0.05, 0) is 47.8 Å². The number of rotatable bonds is 3. The number of pyridine rings is 3. The van der Waals surface area contributed by atoms with Gasteiger partial charge >= 0.3 is 53.1 Å². The zero-order valence-corrected chi connectivity index (χ0v) is 27.5. The molecular weight excluding hydrogens is 816 g/mol. The average molecular weight is 841 g/mol. The summed E-state index contributed by atoms with van der Waals surface area (Å²) in [7, 11) is -10.7. The SMILES string of the molecule is F[P-](F)(F)(F)(F)F.[Ir+3].[c-]1ccccc1-c1ccccn1.[c-]1ccccc1-c1ccccn1.c1ccc(-c2nc3ccccc3[nH]2)nc1. The van der Waals surface area contributed by atoms with E-state index >= 15 is 0 Å². The van der Waals surface area contributed by atoms with Crippen LogP contribution in [-0.4, -0.2) is 24.9 Å². The van der Waals surface area contributed by atoms with Gasteiger partial charge < -0.3 is 15.0 Å². The maximum Gasteiger partial charge on any atom is 3.00 e. The van der Waals surface area contributed by atoms with Gasteiger partial charge in [-0.2, -0.15) is 0 Å². The number of H-pyrrole nitrogens is 1. The van der Waals surface area contributed by atoms with Gasteiger partial charge in [0.1, 0.15) is 5.69 Å². The van der Waals surface area contributed by atoms with Crippen molar-refractivity contribution < 1.29 is 45.3 Å². The molecule has 0 saturated carbocycles. The number of aromatic amines is 1. The minimum Gasteiger partial charge on any atom is -0.337 e. The van der Waals surface area contributed by atoms with Crippen molar-refractivity contribution in [3.8, 4) is 34.0 Å². The maximum absolute atomic E-state index is 10.7. The Balaban J connectivity index is 0.000000174. The molecule has 7 rings (SSSR count). The van der Waals surface area contributed by atoms with E-state index in [1.807, 2.05) is 127 Å². The fraction of sp³-hybridized carbons (Fsp3) is 0. The molecule has 0 atom stereocenters. The van der Waals surface area contributed by atoms with Crippen LogP contribution in [0.5, 0.6) is 0 Å². The first-order valence-corrected chi connectivity index (χ1v) is 15.5. The van der Waals surface area contributed by atoms with Crippen LogP contribution in [0.3, 0.4) is 0 Å². The number of fused-ring (bicyclic) bond motifs is 1. The van der Waals surface area contributed by atoms with E-state index in [0.717, 1.165) is 45.1 Å². The molecule has 0 amide bonds. The van der Waals surface area contributed by atoms with E-state index in [4.69, 9.17) is 0 Å². The van der Waals surface area contributed by atoms with E-state index in [0.29, 0.717) is 0 Å². The molecule has 13 heteroatoms. The van der Waals surface area contributed by atoms with Crippen molar-refractivity contribution in [2.24, 2.45) is 0 Å². The average Bonchev–Trinajstić information content (AvgIpc) is 3.51. The molecule has 7 aromatic rings. The Hall–Kier alpha value is -4.76. The van der Waals surface area contributed by atoms with Crippen LogP contribution in [0.25, 0.3) is 45.1 Å². The van der Waals surface area contributed by atoms with Crippen molar-refractivity contribution in [3.05, 3.63) is 158 Å². The van der Waals surface area contributed by atoms with Crippen LogP contribution in [0.15, 0.2) is 146 Å². The molecule has 0 fully saturated rings. The molecular formula is C34H25F6IrN5P. The number of para-hydroxylation sites is 2. The summed E-state index contributed by atoms with van der Waals surface area (Å²) in [5.74, 6) is 0.816. The molecule has 1 N–H and O–H groups in total. The molecule has 242 valence electrons. The van der Waals surface area contributed by atoms with Crippen LogP contribution in [-0.2, 0) is 20.1 Å². The van der Waals surface area contributed by atoms with Crippen molar-refractivity contribution in [2.75, 3.05) is 0 Å². The Morgan fingerprint density at radius 2 is 0.894 bits per heavy atom. The smallest absolute Gasteiger partial charge is 0.337 e. The van der Waals surface area contributed by atoms with Crippen LogP contribution < -0.4 is 0 Å². The van der Waals surface area contributed by atoms with Crippen molar-refractivity contribution in [1.29, 1.82) is 0 Å². The van der Waals surface area contributed by atoms with Gasteiger partial charge in [0.2, 0.25) is 0 Å². The number of aromatic nitrogens is 5. The first-order chi connectivity index (χ1) is 21.8. The Labute approximate surface area is 280 Å². The van der Waals surface area contributed by atoms with E-state index in [1.54, 1.807) is 18.6 Å². The summed E-state index contributed by atoms with van der Waals surface area (Å²) in [5.41, 5.74) is 6.90. The third-order valence-electron chi connectivity index (χ3n) is 5.60. The van der Waals surface area contributed by atoms with Crippen LogP contribution in [0, 0.1) is 12.1 Å². The van der Waals surface area contributed by atoms with Gasteiger partial charge in [-0.1, -0.05) is 42.5 Å². The number of hydrogen-bond acceptors (Lipinski definition) is 4. The minimum absolute atomic E-state index is 0. The predicted molar refractivity (Wildman–Crippen MR) is 170 cm³/mol. The standard InChI is InChI=1S/C12H9N3.2C11H8N.F6P.Ir/c1-2-6-10-9(5-1)14-12(15-10)11-7-3-4-8-13-11;2*1-2-6-10(7-3-1)11-8-4-5-9-12-11;1-7(2,3,4,5)6;/h1-8H,(H,14,15);2*1-6,8-9H;;/q;3*-1;+3. The molecule has 47 heavy (non-hydrogen) atoms. The minimum atomic E-state index is -10.7. The number of halogens is 6. The molecule has 0 saturated heterocycles. The van der Waals surface area contributed by atoms with E-state index in [9.17, 15) is 25.2 Å². The predicted octanol–water partition coefficient (Wildman–Crippen LogP) is 11.1. The molecule has 3 aromatic carbocycles. The van der Waals surface area contributed by atoms with Gasteiger partial charge in [-0.25, -0.2) is 4.98 Å². The fourth-order valence-electron chi connectivity index (χ4n) is 3.73. The van der Waals surface area contributed by atoms with Gasteiger partial charge in [0.15, 0.2) is 5.82 Å². The second-order valence-electron chi connectivity index (χ2n) is 9.26. The second-order valence-corrected chi connectivity index (χ2v) is 11.2. The molecule has 0 bridgehead atoms. The summed E-state index contributed by atoms with van der Waals surface area (Å²) in [4.78, 5) is 20.4.